The van der Waals surface area contributed by atoms with Gasteiger partial charge in [-0.3, -0.25) is 0 Å². The van der Waals surface area contributed by atoms with Crippen molar-refractivity contribution in [1.82, 2.24) is 0 Å². The third-order valence-corrected chi connectivity index (χ3v) is 2.54. The summed E-state index contributed by atoms with van der Waals surface area (Å²) >= 11 is 0. The summed E-state index contributed by atoms with van der Waals surface area (Å²) in [6.45, 7) is 9.82. The summed E-state index contributed by atoms with van der Waals surface area (Å²) in [5, 5.41) is 0. The Bertz CT molecular complexity index is 421. The maximum Gasteiger partial charge on any atom is 0.126 e. The topological polar surface area (TPSA) is 9.23 Å². The molecule has 0 unspecified atom stereocenters. The van der Waals surface area contributed by atoms with Crippen molar-refractivity contribution in [3.63, 3.8) is 0 Å². The van der Waals surface area contributed by atoms with Crippen LogP contribution in [0, 0.1) is 6.92 Å². The lowest BCUT2D eigenvalue weighted by Crippen LogP contribution is -1.94. The molecule has 0 N–H and O–H groups in total. The summed E-state index contributed by atoms with van der Waals surface area (Å²) in [5.74, 6) is 1.84. The minimum absolute atomic E-state index is 0.794. The first-order chi connectivity index (χ1) is 8.15. The molecule has 0 atom stereocenters. The Hall–Kier alpha value is -1.76. The van der Waals surface area contributed by atoms with Crippen molar-refractivity contribution in [1.29, 1.82) is 0 Å². The molecule has 0 spiro atoms. The normalized spacial score (nSPS) is 12.4. The van der Waals surface area contributed by atoms with Crippen LogP contribution in [0.25, 0.3) is 0 Å². The second-order valence-corrected chi connectivity index (χ2v) is 4.03. The molecular formula is C16H20O. The highest BCUT2D eigenvalue weighted by Gasteiger charge is 1.98. The van der Waals surface area contributed by atoms with Crippen molar-refractivity contribution in [2.24, 2.45) is 0 Å². The molecule has 0 aliphatic heterocycles. The van der Waals surface area contributed by atoms with Gasteiger partial charge in [0.2, 0.25) is 0 Å². The van der Waals surface area contributed by atoms with Gasteiger partial charge < -0.3 is 4.74 Å². The second kappa shape index (κ2) is 6.74. The predicted octanol–water partition coefficient (Wildman–Crippen LogP) is 4.80. The zero-order valence-corrected chi connectivity index (χ0v) is 10.9. The van der Waals surface area contributed by atoms with E-state index in [-0.39, 0.29) is 0 Å². The molecule has 1 rings (SSSR count). The highest BCUT2D eigenvalue weighted by Crippen LogP contribution is 2.17. The van der Waals surface area contributed by atoms with Gasteiger partial charge in [-0.15, -0.1) is 0 Å². The average Bonchev–Trinajstić information content (AvgIpc) is 2.36. The number of hydrogen-bond donors (Lipinski definition) is 0. The van der Waals surface area contributed by atoms with E-state index in [0.29, 0.717) is 0 Å². The van der Waals surface area contributed by atoms with E-state index in [9.17, 15) is 0 Å². The lowest BCUT2D eigenvalue weighted by molar-refractivity contribution is 0.414. The van der Waals surface area contributed by atoms with Crippen LogP contribution in [0.5, 0.6) is 5.75 Å². The molecule has 0 fully saturated rings. The first-order valence-electron chi connectivity index (χ1n) is 5.84. The van der Waals surface area contributed by atoms with Crippen LogP contribution in [0.4, 0.5) is 0 Å². The number of aryl methyl sites for hydroxylation is 1. The molecule has 0 amide bonds. The Kier molecular flexibility index (Phi) is 5.28. The molecule has 90 valence electrons. The summed E-state index contributed by atoms with van der Waals surface area (Å²) in [7, 11) is 0. The Morgan fingerprint density at radius 3 is 2.47 bits per heavy atom. The minimum Gasteiger partial charge on any atom is -0.462 e. The summed E-state index contributed by atoms with van der Waals surface area (Å²) in [5.41, 5.74) is 2.40. The van der Waals surface area contributed by atoms with E-state index in [4.69, 9.17) is 4.74 Å². The first kappa shape index (κ1) is 13.3. The van der Waals surface area contributed by atoms with Crippen molar-refractivity contribution in [3.05, 3.63) is 66.0 Å². The van der Waals surface area contributed by atoms with E-state index < -0.39 is 0 Å². The van der Waals surface area contributed by atoms with E-state index in [2.05, 4.69) is 19.6 Å². The van der Waals surface area contributed by atoms with Crippen molar-refractivity contribution >= 4 is 0 Å². The SMILES string of the molecule is C=C/C(C)=C\C/C(=C\C)Oc1ccc(C)cc1. The number of benzene rings is 1. The quantitative estimate of drug-likeness (QED) is 0.519. The summed E-state index contributed by atoms with van der Waals surface area (Å²) in [4.78, 5) is 0. The zero-order chi connectivity index (χ0) is 12.7. The van der Waals surface area contributed by atoms with Gasteiger partial charge in [-0.25, -0.2) is 0 Å². The summed E-state index contributed by atoms with van der Waals surface area (Å²) < 4.78 is 5.80. The fourth-order valence-electron chi connectivity index (χ4n) is 1.32. The van der Waals surface area contributed by atoms with Crippen molar-refractivity contribution in [2.75, 3.05) is 0 Å². The van der Waals surface area contributed by atoms with Gasteiger partial charge in [-0.05, 0) is 39.0 Å². The highest BCUT2D eigenvalue weighted by molar-refractivity contribution is 5.28. The molecule has 0 aliphatic carbocycles. The van der Waals surface area contributed by atoms with Crippen LogP contribution in [0.1, 0.15) is 25.8 Å². The fourth-order valence-corrected chi connectivity index (χ4v) is 1.32. The molecule has 0 heterocycles. The molecule has 0 saturated heterocycles. The Morgan fingerprint density at radius 2 is 1.94 bits per heavy atom. The van der Waals surface area contributed by atoms with Gasteiger partial charge in [-0.1, -0.05) is 42.0 Å². The maximum absolute atomic E-state index is 5.80. The molecule has 0 aliphatic rings. The van der Waals surface area contributed by atoms with Gasteiger partial charge in [0.05, 0.1) is 0 Å². The first-order valence-corrected chi connectivity index (χ1v) is 5.84. The largest absolute Gasteiger partial charge is 0.462 e. The minimum atomic E-state index is 0.794. The zero-order valence-electron chi connectivity index (χ0n) is 10.9. The monoisotopic (exact) mass is 228 g/mol. The Labute approximate surface area is 104 Å². The number of ether oxygens (including phenoxy) is 1. The van der Waals surface area contributed by atoms with Gasteiger partial charge in [0.1, 0.15) is 11.5 Å². The van der Waals surface area contributed by atoms with Crippen LogP contribution >= 0.6 is 0 Å². The number of allylic oxidation sites excluding steroid dienone is 4. The third kappa shape index (κ3) is 4.73. The molecule has 0 aromatic heterocycles. The smallest absolute Gasteiger partial charge is 0.126 e. The van der Waals surface area contributed by atoms with E-state index in [1.165, 1.54) is 5.56 Å². The van der Waals surface area contributed by atoms with Crippen molar-refractivity contribution in [2.45, 2.75) is 27.2 Å². The Balaban J connectivity index is 2.65. The lowest BCUT2D eigenvalue weighted by Gasteiger charge is -2.08. The van der Waals surface area contributed by atoms with Crippen molar-refractivity contribution < 1.29 is 4.74 Å². The molecule has 0 bridgehead atoms. The molecule has 1 nitrogen and oxygen atoms in total. The fraction of sp³-hybridized carbons (Fsp3) is 0.250. The average molecular weight is 228 g/mol. The maximum atomic E-state index is 5.80. The number of rotatable bonds is 5. The highest BCUT2D eigenvalue weighted by atomic mass is 16.5. The van der Waals surface area contributed by atoms with Crippen LogP contribution in [-0.4, -0.2) is 0 Å². The third-order valence-electron chi connectivity index (χ3n) is 2.54. The number of hydrogen-bond acceptors (Lipinski definition) is 1. The van der Waals surface area contributed by atoms with Gasteiger partial charge in [0, 0.05) is 6.42 Å². The van der Waals surface area contributed by atoms with E-state index in [1.54, 1.807) is 0 Å². The molecule has 17 heavy (non-hydrogen) atoms. The molecule has 1 aromatic rings. The molecule has 0 saturated carbocycles. The molecule has 1 aromatic carbocycles. The van der Waals surface area contributed by atoms with Crippen LogP contribution in [0.15, 0.2) is 60.4 Å². The van der Waals surface area contributed by atoms with Crippen LogP contribution in [0.2, 0.25) is 0 Å². The lowest BCUT2D eigenvalue weighted by atomic mass is 10.2. The Morgan fingerprint density at radius 1 is 1.29 bits per heavy atom. The molecule has 1 heteroatoms. The molecular weight excluding hydrogens is 208 g/mol. The van der Waals surface area contributed by atoms with Gasteiger partial charge in [-0.2, -0.15) is 0 Å². The second-order valence-electron chi connectivity index (χ2n) is 4.03. The van der Waals surface area contributed by atoms with Gasteiger partial charge in [0.25, 0.3) is 0 Å². The van der Waals surface area contributed by atoms with Crippen LogP contribution < -0.4 is 4.74 Å². The van der Waals surface area contributed by atoms with E-state index >= 15 is 0 Å². The van der Waals surface area contributed by atoms with Gasteiger partial charge >= 0.3 is 0 Å². The standard InChI is InChI=1S/C16H20O/c1-5-13(3)7-10-15(6-2)17-16-11-8-14(4)9-12-16/h5-9,11-12H,1,10H2,2-4H3/b13-7-,15-6+. The van der Waals surface area contributed by atoms with E-state index in [1.807, 2.05) is 50.3 Å². The van der Waals surface area contributed by atoms with E-state index in [0.717, 1.165) is 23.5 Å². The summed E-state index contributed by atoms with van der Waals surface area (Å²) in [6.07, 6.45) is 6.74. The van der Waals surface area contributed by atoms with Crippen molar-refractivity contribution in [3.8, 4) is 5.75 Å². The molecule has 0 radical (unpaired) electrons. The van der Waals surface area contributed by atoms with Gasteiger partial charge in [0.15, 0.2) is 0 Å². The van der Waals surface area contributed by atoms with Crippen LogP contribution in [-0.2, 0) is 0 Å². The summed E-state index contributed by atoms with van der Waals surface area (Å²) in [6, 6.07) is 8.08. The van der Waals surface area contributed by atoms with Crippen LogP contribution in [0.3, 0.4) is 0 Å². The predicted molar refractivity (Wildman–Crippen MR) is 74.1 cm³/mol.